The lowest BCUT2D eigenvalue weighted by molar-refractivity contribution is 0.289. The summed E-state index contributed by atoms with van der Waals surface area (Å²) in [6.45, 7) is 9.42. The summed E-state index contributed by atoms with van der Waals surface area (Å²) in [5.41, 5.74) is 5.60. The molecule has 3 heteroatoms. The SMILES string of the molecule is Cc1cc(OCCC(C)C)cc(C)c1-c1nc2ccccc2[nH]1. The van der Waals surface area contributed by atoms with E-state index in [-0.39, 0.29) is 0 Å². The first-order valence-corrected chi connectivity index (χ1v) is 8.24. The van der Waals surface area contributed by atoms with E-state index in [1.165, 1.54) is 11.1 Å². The summed E-state index contributed by atoms with van der Waals surface area (Å²) in [5.74, 6) is 2.53. The van der Waals surface area contributed by atoms with Gasteiger partial charge in [0.15, 0.2) is 0 Å². The van der Waals surface area contributed by atoms with Gasteiger partial charge in [-0.05, 0) is 61.6 Å². The van der Waals surface area contributed by atoms with Gasteiger partial charge in [-0.15, -0.1) is 0 Å². The lowest BCUT2D eigenvalue weighted by Crippen LogP contribution is -2.02. The van der Waals surface area contributed by atoms with Gasteiger partial charge in [-0.1, -0.05) is 26.0 Å². The van der Waals surface area contributed by atoms with E-state index < -0.39 is 0 Å². The first-order valence-electron chi connectivity index (χ1n) is 8.24. The Morgan fingerprint density at radius 1 is 1.09 bits per heavy atom. The summed E-state index contributed by atoms with van der Waals surface area (Å²) in [4.78, 5) is 8.14. The van der Waals surface area contributed by atoms with E-state index in [4.69, 9.17) is 9.72 Å². The van der Waals surface area contributed by atoms with Crippen molar-refractivity contribution < 1.29 is 4.74 Å². The van der Waals surface area contributed by atoms with Crippen LogP contribution in [0.2, 0.25) is 0 Å². The largest absolute Gasteiger partial charge is 0.494 e. The second-order valence-electron chi connectivity index (χ2n) is 6.57. The summed E-state index contributed by atoms with van der Waals surface area (Å²) in [7, 11) is 0. The lowest BCUT2D eigenvalue weighted by Gasteiger charge is -2.13. The maximum absolute atomic E-state index is 5.90. The van der Waals surface area contributed by atoms with Crippen LogP contribution in [0.15, 0.2) is 36.4 Å². The van der Waals surface area contributed by atoms with Gasteiger partial charge in [0.1, 0.15) is 11.6 Å². The van der Waals surface area contributed by atoms with Crippen molar-refractivity contribution in [2.45, 2.75) is 34.1 Å². The van der Waals surface area contributed by atoms with Crippen LogP contribution in [0, 0.1) is 19.8 Å². The highest BCUT2D eigenvalue weighted by Crippen LogP contribution is 2.30. The average Bonchev–Trinajstić information content (AvgIpc) is 2.89. The minimum atomic E-state index is 0.659. The molecule has 0 saturated heterocycles. The maximum atomic E-state index is 5.90. The predicted octanol–water partition coefficient (Wildman–Crippen LogP) is 5.27. The molecule has 1 heterocycles. The molecule has 0 saturated carbocycles. The van der Waals surface area contributed by atoms with E-state index in [0.717, 1.165) is 41.2 Å². The molecular weight excluding hydrogens is 284 g/mol. The van der Waals surface area contributed by atoms with E-state index in [1.807, 2.05) is 18.2 Å². The Hall–Kier alpha value is -2.29. The second kappa shape index (κ2) is 6.45. The van der Waals surface area contributed by atoms with Crippen molar-refractivity contribution in [1.82, 2.24) is 9.97 Å². The molecular formula is C20H24N2O. The molecule has 3 rings (SSSR count). The fourth-order valence-corrected chi connectivity index (χ4v) is 2.86. The van der Waals surface area contributed by atoms with Crippen LogP contribution in [0.1, 0.15) is 31.4 Å². The van der Waals surface area contributed by atoms with Crippen LogP contribution in [0.3, 0.4) is 0 Å². The molecule has 120 valence electrons. The van der Waals surface area contributed by atoms with E-state index >= 15 is 0 Å². The van der Waals surface area contributed by atoms with Crippen LogP contribution in [-0.2, 0) is 0 Å². The van der Waals surface area contributed by atoms with Crippen LogP contribution in [0.5, 0.6) is 5.75 Å². The molecule has 0 aliphatic rings. The van der Waals surface area contributed by atoms with Crippen LogP contribution in [-0.4, -0.2) is 16.6 Å². The minimum absolute atomic E-state index is 0.659. The third kappa shape index (κ3) is 3.39. The number of rotatable bonds is 5. The van der Waals surface area contributed by atoms with E-state index in [9.17, 15) is 0 Å². The smallest absolute Gasteiger partial charge is 0.139 e. The Balaban J connectivity index is 1.90. The van der Waals surface area contributed by atoms with Crippen molar-refractivity contribution in [2.75, 3.05) is 6.61 Å². The molecule has 1 aromatic heterocycles. The summed E-state index contributed by atoms with van der Waals surface area (Å²) in [6.07, 6.45) is 1.07. The molecule has 0 fully saturated rings. The number of para-hydroxylation sites is 2. The van der Waals surface area contributed by atoms with Crippen molar-refractivity contribution in [3.63, 3.8) is 0 Å². The van der Waals surface area contributed by atoms with Crippen LogP contribution in [0.4, 0.5) is 0 Å². The van der Waals surface area contributed by atoms with Crippen molar-refractivity contribution in [2.24, 2.45) is 5.92 Å². The van der Waals surface area contributed by atoms with E-state index in [2.05, 4.69) is 50.9 Å². The molecule has 0 radical (unpaired) electrons. The van der Waals surface area contributed by atoms with Crippen molar-refractivity contribution in [3.05, 3.63) is 47.5 Å². The number of hydrogen-bond donors (Lipinski definition) is 1. The van der Waals surface area contributed by atoms with Gasteiger partial charge in [0, 0.05) is 5.56 Å². The Kier molecular flexibility index (Phi) is 4.37. The monoisotopic (exact) mass is 308 g/mol. The number of benzene rings is 2. The summed E-state index contributed by atoms with van der Waals surface area (Å²) >= 11 is 0. The number of H-pyrrole nitrogens is 1. The molecule has 0 aliphatic heterocycles. The number of hydrogen-bond acceptors (Lipinski definition) is 2. The van der Waals surface area contributed by atoms with Crippen LogP contribution >= 0.6 is 0 Å². The zero-order valence-electron chi connectivity index (χ0n) is 14.3. The number of imidazole rings is 1. The van der Waals surface area contributed by atoms with Gasteiger partial charge < -0.3 is 9.72 Å². The minimum Gasteiger partial charge on any atom is -0.494 e. The van der Waals surface area contributed by atoms with Gasteiger partial charge in [-0.2, -0.15) is 0 Å². The fraction of sp³-hybridized carbons (Fsp3) is 0.350. The van der Waals surface area contributed by atoms with Gasteiger partial charge in [0.05, 0.1) is 17.6 Å². The molecule has 3 aromatic rings. The number of aromatic nitrogens is 2. The number of fused-ring (bicyclic) bond motifs is 1. The normalized spacial score (nSPS) is 11.3. The zero-order chi connectivity index (χ0) is 16.4. The first kappa shape index (κ1) is 15.6. The Bertz CT molecular complexity index is 761. The van der Waals surface area contributed by atoms with Crippen LogP contribution < -0.4 is 4.74 Å². The number of aryl methyl sites for hydroxylation is 2. The molecule has 0 aliphatic carbocycles. The highest BCUT2D eigenvalue weighted by molar-refractivity contribution is 5.80. The molecule has 2 aromatic carbocycles. The molecule has 0 spiro atoms. The van der Waals surface area contributed by atoms with E-state index in [0.29, 0.717) is 5.92 Å². The Labute approximate surface area is 137 Å². The van der Waals surface area contributed by atoms with Gasteiger partial charge in [-0.3, -0.25) is 0 Å². The number of nitrogens with one attached hydrogen (secondary N) is 1. The number of nitrogens with zero attached hydrogens (tertiary/aromatic N) is 1. The molecule has 23 heavy (non-hydrogen) atoms. The van der Waals surface area contributed by atoms with Gasteiger partial charge in [-0.25, -0.2) is 4.98 Å². The molecule has 0 atom stereocenters. The standard InChI is InChI=1S/C20H24N2O/c1-13(2)9-10-23-16-11-14(3)19(15(4)12-16)20-21-17-7-5-6-8-18(17)22-20/h5-8,11-13H,9-10H2,1-4H3,(H,21,22). The first-order chi connectivity index (χ1) is 11.0. The van der Waals surface area contributed by atoms with Gasteiger partial charge in [0.25, 0.3) is 0 Å². The predicted molar refractivity (Wildman–Crippen MR) is 96.0 cm³/mol. The Morgan fingerprint density at radius 3 is 2.43 bits per heavy atom. The zero-order valence-corrected chi connectivity index (χ0v) is 14.3. The Morgan fingerprint density at radius 2 is 1.78 bits per heavy atom. The van der Waals surface area contributed by atoms with E-state index in [1.54, 1.807) is 0 Å². The highest BCUT2D eigenvalue weighted by atomic mass is 16.5. The quantitative estimate of drug-likeness (QED) is 0.697. The van der Waals surface area contributed by atoms with Crippen molar-refractivity contribution in [3.8, 4) is 17.1 Å². The maximum Gasteiger partial charge on any atom is 0.139 e. The highest BCUT2D eigenvalue weighted by Gasteiger charge is 2.12. The summed E-state index contributed by atoms with van der Waals surface area (Å²) in [6, 6.07) is 12.3. The molecule has 0 amide bonds. The average molecular weight is 308 g/mol. The molecule has 3 nitrogen and oxygen atoms in total. The van der Waals surface area contributed by atoms with Gasteiger partial charge in [0.2, 0.25) is 0 Å². The fourth-order valence-electron chi connectivity index (χ4n) is 2.86. The van der Waals surface area contributed by atoms with Gasteiger partial charge >= 0.3 is 0 Å². The second-order valence-corrected chi connectivity index (χ2v) is 6.57. The third-order valence-corrected chi connectivity index (χ3v) is 4.10. The number of ether oxygens (including phenoxy) is 1. The lowest BCUT2D eigenvalue weighted by atomic mass is 10.0. The topological polar surface area (TPSA) is 37.9 Å². The molecule has 0 bridgehead atoms. The summed E-state index contributed by atoms with van der Waals surface area (Å²) < 4.78 is 5.90. The molecule has 1 N–H and O–H groups in total. The van der Waals surface area contributed by atoms with Crippen LogP contribution in [0.25, 0.3) is 22.4 Å². The number of aromatic amines is 1. The summed E-state index contributed by atoms with van der Waals surface area (Å²) in [5, 5.41) is 0. The van der Waals surface area contributed by atoms with Crippen molar-refractivity contribution >= 4 is 11.0 Å². The van der Waals surface area contributed by atoms with Crippen molar-refractivity contribution in [1.29, 1.82) is 0 Å². The molecule has 0 unspecified atom stereocenters. The third-order valence-electron chi connectivity index (χ3n) is 4.10.